The summed E-state index contributed by atoms with van der Waals surface area (Å²) in [5.41, 5.74) is 1.08. The van der Waals surface area contributed by atoms with Gasteiger partial charge < -0.3 is 15.0 Å². The molecule has 0 aliphatic rings. The number of likely N-dealkylation sites (N-methyl/N-ethyl adjacent to an activating group) is 1. The van der Waals surface area contributed by atoms with Crippen molar-refractivity contribution in [2.24, 2.45) is 0 Å². The fourth-order valence-corrected chi connectivity index (χ4v) is 1.22. The number of hydrogen-bond acceptors (Lipinski definition) is 4. The number of nitriles is 1. The maximum Gasteiger partial charge on any atom is 0.129 e. The fourth-order valence-electron chi connectivity index (χ4n) is 1.22. The lowest BCUT2D eigenvalue weighted by Crippen LogP contribution is -2.29. The van der Waals surface area contributed by atoms with Crippen molar-refractivity contribution in [2.75, 3.05) is 32.6 Å². The van der Waals surface area contributed by atoms with E-state index in [1.54, 1.807) is 7.05 Å². The topological polar surface area (TPSA) is 48.3 Å². The summed E-state index contributed by atoms with van der Waals surface area (Å²) in [5, 5.41) is 11.6. The van der Waals surface area contributed by atoms with E-state index in [-0.39, 0.29) is 6.04 Å². The van der Waals surface area contributed by atoms with Crippen LogP contribution in [0.5, 0.6) is 5.75 Å². The van der Waals surface area contributed by atoms with Crippen molar-refractivity contribution in [1.82, 2.24) is 5.32 Å². The lowest BCUT2D eigenvalue weighted by atomic mass is 10.3. The van der Waals surface area contributed by atoms with E-state index < -0.39 is 0 Å². The van der Waals surface area contributed by atoms with Crippen LogP contribution in [0.4, 0.5) is 5.69 Å². The first kappa shape index (κ1) is 12.3. The highest BCUT2D eigenvalue weighted by Gasteiger charge is 2.05. The zero-order valence-electron chi connectivity index (χ0n) is 9.90. The van der Waals surface area contributed by atoms with Crippen molar-refractivity contribution in [3.8, 4) is 11.8 Å². The summed E-state index contributed by atoms with van der Waals surface area (Å²) in [6.07, 6.45) is 0. The van der Waals surface area contributed by atoms with Crippen molar-refractivity contribution in [2.45, 2.75) is 6.04 Å². The maximum absolute atomic E-state index is 8.75. The summed E-state index contributed by atoms with van der Waals surface area (Å²) < 4.78 is 5.53. The van der Waals surface area contributed by atoms with Crippen molar-refractivity contribution < 1.29 is 4.74 Å². The molecular formula is C12H17N3O. The summed E-state index contributed by atoms with van der Waals surface area (Å²) in [7, 11) is 5.70. The number of benzene rings is 1. The summed E-state index contributed by atoms with van der Waals surface area (Å²) in [5.74, 6) is 0.779. The molecule has 0 amide bonds. The predicted molar refractivity (Wildman–Crippen MR) is 64.7 cm³/mol. The average Bonchev–Trinajstić information content (AvgIpc) is 2.31. The van der Waals surface area contributed by atoms with Crippen molar-refractivity contribution in [3.05, 3.63) is 24.3 Å². The lowest BCUT2D eigenvalue weighted by molar-refractivity contribution is 0.295. The molecular weight excluding hydrogens is 202 g/mol. The third kappa shape index (κ3) is 3.44. The Kier molecular flexibility index (Phi) is 4.62. The average molecular weight is 219 g/mol. The number of nitrogens with one attached hydrogen (secondary N) is 1. The van der Waals surface area contributed by atoms with Gasteiger partial charge in [-0.1, -0.05) is 6.07 Å². The minimum Gasteiger partial charge on any atom is -0.491 e. The smallest absolute Gasteiger partial charge is 0.129 e. The Labute approximate surface area is 96.4 Å². The van der Waals surface area contributed by atoms with Gasteiger partial charge in [0.2, 0.25) is 0 Å². The highest BCUT2D eigenvalue weighted by Crippen LogP contribution is 2.19. The molecule has 0 aliphatic heterocycles. The third-order valence-corrected chi connectivity index (χ3v) is 2.25. The maximum atomic E-state index is 8.75. The molecule has 0 aromatic heterocycles. The molecule has 1 aromatic rings. The van der Waals surface area contributed by atoms with Crippen molar-refractivity contribution in [3.63, 3.8) is 0 Å². The van der Waals surface area contributed by atoms with Crippen LogP contribution in [0.15, 0.2) is 24.3 Å². The first-order valence-corrected chi connectivity index (χ1v) is 5.14. The Morgan fingerprint density at radius 3 is 2.81 bits per heavy atom. The van der Waals surface area contributed by atoms with E-state index in [4.69, 9.17) is 10.00 Å². The molecule has 1 atom stereocenters. The number of ether oxygens (including phenoxy) is 1. The van der Waals surface area contributed by atoms with Gasteiger partial charge in [0.25, 0.3) is 0 Å². The second-order valence-electron chi connectivity index (χ2n) is 3.67. The molecule has 1 rings (SSSR count). The van der Waals surface area contributed by atoms with E-state index in [2.05, 4.69) is 11.4 Å². The Balaban J connectivity index is 2.61. The van der Waals surface area contributed by atoms with Crippen LogP contribution in [-0.4, -0.2) is 33.8 Å². The SMILES string of the molecule is CNC(C#N)COc1cccc(N(C)C)c1. The second kappa shape index (κ2) is 5.99. The quantitative estimate of drug-likeness (QED) is 0.809. The summed E-state index contributed by atoms with van der Waals surface area (Å²) in [6.45, 7) is 0.351. The highest BCUT2D eigenvalue weighted by atomic mass is 16.5. The molecule has 0 radical (unpaired) electrons. The second-order valence-corrected chi connectivity index (χ2v) is 3.67. The Hall–Kier alpha value is -1.73. The van der Waals surface area contributed by atoms with E-state index in [1.165, 1.54) is 0 Å². The number of hydrogen-bond donors (Lipinski definition) is 1. The molecule has 0 aliphatic carbocycles. The van der Waals surface area contributed by atoms with Gasteiger partial charge in [-0.05, 0) is 19.2 Å². The summed E-state index contributed by atoms with van der Waals surface area (Å²) >= 11 is 0. The molecule has 16 heavy (non-hydrogen) atoms. The van der Waals surface area contributed by atoms with Crippen LogP contribution in [-0.2, 0) is 0 Å². The highest BCUT2D eigenvalue weighted by molar-refractivity contribution is 5.49. The van der Waals surface area contributed by atoms with E-state index in [9.17, 15) is 0 Å². The number of nitrogens with zero attached hydrogens (tertiary/aromatic N) is 2. The molecule has 1 unspecified atom stereocenters. The molecule has 1 aromatic carbocycles. The van der Waals surface area contributed by atoms with Crippen LogP contribution in [0.25, 0.3) is 0 Å². The van der Waals surface area contributed by atoms with Gasteiger partial charge in [0.05, 0.1) is 6.07 Å². The normalized spacial score (nSPS) is 11.6. The Morgan fingerprint density at radius 1 is 1.50 bits per heavy atom. The zero-order chi connectivity index (χ0) is 12.0. The van der Waals surface area contributed by atoms with E-state index in [0.717, 1.165) is 11.4 Å². The molecule has 4 nitrogen and oxygen atoms in total. The zero-order valence-corrected chi connectivity index (χ0v) is 9.90. The standard InChI is InChI=1S/C12H17N3O/c1-14-10(8-13)9-16-12-6-4-5-11(7-12)15(2)3/h4-7,10,14H,9H2,1-3H3. The molecule has 4 heteroatoms. The Bertz CT molecular complexity index is 371. The van der Waals surface area contributed by atoms with Crippen LogP contribution >= 0.6 is 0 Å². The van der Waals surface area contributed by atoms with Gasteiger partial charge in [0, 0.05) is 25.8 Å². The molecule has 0 saturated heterocycles. The van der Waals surface area contributed by atoms with Crippen molar-refractivity contribution in [1.29, 1.82) is 5.26 Å². The largest absolute Gasteiger partial charge is 0.491 e. The molecule has 86 valence electrons. The van der Waals surface area contributed by atoms with E-state index >= 15 is 0 Å². The first-order valence-electron chi connectivity index (χ1n) is 5.14. The van der Waals surface area contributed by atoms with Crippen molar-refractivity contribution >= 4 is 5.69 Å². The lowest BCUT2D eigenvalue weighted by Gasteiger charge is -2.15. The summed E-state index contributed by atoms with van der Waals surface area (Å²) in [6, 6.07) is 9.61. The molecule has 0 saturated carbocycles. The van der Waals surface area contributed by atoms with Crippen LogP contribution < -0.4 is 15.0 Å². The number of anilines is 1. The number of rotatable bonds is 5. The van der Waals surface area contributed by atoms with Gasteiger partial charge in [0.15, 0.2) is 0 Å². The van der Waals surface area contributed by atoms with Gasteiger partial charge >= 0.3 is 0 Å². The molecule has 0 spiro atoms. The van der Waals surface area contributed by atoms with Gasteiger partial charge in [-0.3, -0.25) is 0 Å². The van der Waals surface area contributed by atoms with E-state index in [0.29, 0.717) is 6.61 Å². The fraction of sp³-hybridized carbons (Fsp3) is 0.417. The van der Waals surface area contributed by atoms with Gasteiger partial charge in [-0.15, -0.1) is 0 Å². The third-order valence-electron chi connectivity index (χ3n) is 2.25. The van der Waals surface area contributed by atoms with Gasteiger partial charge in [-0.25, -0.2) is 0 Å². The Morgan fingerprint density at radius 2 is 2.25 bits per heavy atom. The molecule has 0 bridgehead atoms. The van der Waals surface area contributed by atoms with Crippen LogP contribution in [0.3, 0.4) is 0 Å². The monoisotopic (exact) mass is 219 g/mol. The predicted octanol–water partition coefficient (Wildman–Crippen LogP) is 1.24. The molecule has 0 fully saturated rings. The van der Waals surface area contributed by atoms with Gasteiger partial charge in [-0.2, -0.15) is 5.26 Å². The van der Waals surface area contributed by atoms with Gasteiger partial charge in [0.1, 0.15) is 18.4 Å². The summed E-state index contributed by atoms with van der Waals surface area (Å²) in [4.78, 5) is 2.01. The van der Waals surface area contributed by atoms with Crippen LogP contribution in [0.1, 0.15) is 0 Å². The minimum absolute atomic E-state index is 0.275. The van der Waals surface area contributed by atoms with Crippen LogP contribution in [0, 0.1) is 11.3 Å². The molecule has 0 heterocycles. The van der Waals surface area contributed by atoms with E-state index in [1.807, 2.05) is 43.3 Å². The molecule has 1 N–H and O–H groups in total. The first-order chi connectivity index (χ1) is 7.67. The minimum atomic E-state index is -0.275. The van der Waals surface area contributed by atoms with Crippen LogP contribution in [0.2, 0.25) is 0 Å².